The van der Waals surface area contributed by atoms with Crippen LogP contribution in [0.5, 0.6) is 0 Å². The summed E-state index contributed by atoms with van der Waals surface area (Å²) >= 11 is 1.46. The smallest absolute Gasteiger partial charge is 0.254 e. The predicted molar refractivity (Wildman–Crippen MR) is 98.7 cm³/mol. The van der Waals surface area contributed by atoms with Crippen LogP contribution in [-0.2, 0) is 0 Å². The zero-order chi connectivity index (χ0) is 17.1. The Morgan fingerprint density at radius 3 is 2.58 bits per heavy atom. The molecule has 1 saturated heterocycles. The molecule has 0 bridgehead atoms. The average molecular weight is 341 g/mol. The van der Waals surface area contributed by atoms with Crippen LogP contribution in [0.3, 0.4) is 0 Å². The highest BCUT2D eigenvalue weighted by Crippen LogP contribution is 2.29. The van der Waals surface area contributed by atoms with Gasteiger partial charge < -0.3 is 4.90 Å². The molecule has 1 aromatic heterocycles. The lowest BCUT2D eigenvalue weighted by Gasteiger charge is -2.35. The van der Waals surface area contributed by atoms with Gasteiger partial charge in [-0.3, -0.25) is 9.59 Å². The van der Waals surface area contributed by atoms with E-state index in [0.717, 1.165) is 47.4 Å². The minimum atomic E-state index is 0.0826. The van der Waals surface area contributed by atoms with E-state index in [1.165, 1.54) is 17.8 Å². The van der Waals surface area contributed by atoms with Crippen molar-refractivity contribution in [1.82, 2.24) is 4.90 Å². The number of ketones is 1. The minimum Gasteiger partial charge on any atom is -0.336 e. The van der Waals surface area contributed by atoms with Gasteiger partial charge in [-0.1, -0.05) is 19.1 Å². The summed E-state index contributed by atoms with van der Waals surface area (Å²) in [5.41, 5.74) is 2.68. The Bertz CT molecular complexity index is 732. The van der Waals surface area contributed by atoms with Crippen molar-refractivity contribution in [2.75, 3.05) is 6.54 Å². The fraction of sp³-hybridized carbons (Fsp3) is 0.400. The topological polar surface area (TPSA) is 37.4 Å². The summed E-state index contributed by atoms with van der Waals surface area (Å²) < 4.78 is 0. The summed E-state index contributed by atoms with van der Waals surface area (Å²) in [6.45, 7) is 4.60. The van der Waals surface area contributed by atoms with Crippen LogP contribution in [0.4, 0.5) is 0 Å². The van der Waals surface area contributed by atoms with E-state index in [-0.39, 0.29) is 11.7 Å². The van der Waals surface area contributed by atoms with Gasteiger partial charge in [-0.05, 0) is 61.7 Å². The summed E-state index contributed by atoms with van der Waals surface area (Å²) in [7, 11) is 0. The van der Waals surface area contributed by atoms with E-state index in [4.69, 9.17) is 0 Å². The number of carbonyl (C=O) groups excluding carboxylic acids is 2. The van der Waals surface area contributed by atoms with Gasteiger partial charge in [0.2, 0.25) is 0 Å². The monoisotopic (exact) mass is 341 g/mol. The van der Waals surface area contributed by atoms with E-state index in [2.05, 4.69) is 6.92 Å². The first-order chi connectivity index (χ1) is 11.6. The maximum Gasteiger partial charge on any atom is 0.254 e. The van der Waals surface area contributed by atoms with Gasteiger partial charge in [0, 0.05) is 23.7 Å². The quantitative estimate of drug-likeness (QED) is 0.732. The Morgan fingerprint density at radius 1 is 1.17 bits per heavy atom. The summed E-state index contributed by atoms with van der Waals surface area (Å²) in [5.74, 6) is 0.212. The number of amides is 1. The molecule has 1 aliphatic rings. The van der Waals surface area contributed by atoms with Crippen molar-refractivity contribution < 1.29 is 9.59 Å². The van der Waals surface area contributed by atoms with E-state index >= 15 is 0 Å². The largest absolute Gasteiger partial charge is 0.336 e. The Kier molecular flexibility index (Phi) is 5.14. The van der Waals surface area contributed by atoms with E-state index < -0.39 is 0 Å². The standard InChI is InChI=1S/C20H23NO2S/c1-3-17-6-4-5-12-21(17)20(23)16-9-7-15(8-10-16)18-11-13-24-19(18)14(2)22/h7-11,13,17H,3-6,12H2,1-2H3/t17-/m0/s1. The number of likely N-dealkylation sites (tertiary alicyclic amines) is 1. The zero-order valence-corrected chi connectivity index (χ0v) is 15.1. The molecule has 0 aliphatic carbocycles. The molecule has 0 N–H and O–H groups in total. The number of carbonyl (C=O) groups is 2. The molecule has 0 radical (unpaired) electrons. The molecule has 24 heavy (non-hydrogen) atoms. The lowest BCUT2D eigenvalue weighted by Crippen LogP contribution is -2.43. The van der Waals surface area contributed by atoms with Crippen LogP contribution in [0.1, 0.15) is 59.6 Å². The van der Waals surface area contributed by atoms with Gasteiger partial charge in [0.15, 0.2) is 5.78 Å². The summed E-state index contributed by atoms with van der Waals surface area (Å²) in [5, 5.41) is 1.94. The Hall–Kier alpha value is -1.94. The van der Waals surface area contributed by atoms with Crippen LogP contribution in [0.15, 0.2) is 35.7 Å². The molecular formula is C20H23NO2S. The van der Waals surface area contributed by atoms with Gasteiger partial charge >= 0.3 is 0 Å². The molecule has 1 atom stereocenters. The number of hydrogen-bond acceptors (Lipinski definition) is 3. The van der Waals surface area contributed by atoms with Crippen LogP contribution in [0, 0.1) is 0 Å². The molecule has 1 amide bonds. The Labute approximate surface area is 147 Å². The first-order valence-electron chi connectivity index (χ1n) is 8.61. The highest BCUT2D eigenvalue weighted by atomic mass is 32.1. The molecule has 1 aliphatic heterocycles. The second-order valence-electron chi connectivity index (χ2n) is 6.35. The third-order valence-electron chi connectivity index (χ3n) is 4.79. The predicted octanol–water partition coefficient (Wildman–Crippen LogP) is 5.02. The zero-order valence-electron chi connectivity index (χ0n) is 14.2. The van der Waals surface area contributed by atoms with Crippen molar-refractivity contribution in [2.24, 2.45) is 0 Å². The highest BCUT2D eigenvalue weighted by Gasteiger charge is 2.26. The average Bonchev–Trinajstić information content (AvgIpc) is 3.11. The second-order valence-corrected chi connectivity index (χ2v) is 7.27. The van der Waals surface area contributed by atoms with Crippen LogP contribution in [-0.4, -0.2) is 29.2 Å². The number of piperidine rings is 1. The number of nitrogens with zero attached hydrogens (tertiary/aromatic N) is 1. The molecule has 0 spiro atoms. The van der Waals surface area contributed by atoms with Crippen molar-refractivity contribution in [3.05, 3.63) is 46.2 Å². The Balaban J connectivity index is 1.82. The minimum absolute atomic E-state index is 0.0826. The molecular weight excluding hydrogens is 318 g/mol. The van der Waals surface area contributed by atoms with Gasteiger partial charge in [0.05, 0.1) is 4.88 Å². The molecule has 0 saturated carbocycles. The molecule has 4 heteroatoms. The second kappa shape index (κ2) is 7.31. The van der Waals surface area contributed by atoms with Crippen LogP contribution in [0.2, 0.25) is 0 Å². The van der Waals surface area contributed by atoms with Crippen molar-refractivity contribution >= 4 is 23.0 Å². The lowest BCUT2D eigenvalue weighted by atomic mass is 9.98. The first kappa shape index (κ1) is 16.9. The molecule has 126 valence electrons. The maximum absolute atomic E-state index is 12.8. The molecule has 3 rings (SSSR count). The van der Waals surface area contributed by atoms with Crippen molar-refractivity contribution in [1.29, 1.82) is 0 Å². The lowest BCUT2D eigenvalue weighted by molar-refractivity contribution is 0.0608. The first-order valence-corrected chi connectivity index (χ1v) is 9.49. The van der Waals surface area contributed by atoms with E-state index in [1.807, 2.05) is 40.6 Å². The third-order valence-corrected chi connectivity index (χ3v) is 5.80. The molecule has 2 aromatic rings. The number of Topliss-reactive ketones (excluding diaryl/α,β-unsaturated/α-hetero) is 1. The number of rotatable bonds is 4. The number of hydrogen-bond donors (Lipinski definition) is 0. The fourth-order valence-corrected chi connectivity index (χ4v) is 4.28. The number of thiophene rings is 1. The molecule has 3 nitrogen and oxygen atoms in total. The van der Waals surface area contributed by atoms with Gasteiger partial charge in [-0.25, -0.2) is 0 Å². The summed E-state index contributed by atoms with van der Waals surface area (Å²) in [6, 6.07) is 10.0. The Morgan fingerprint density at radius 2 is 1.92 bits per heavy atom. The van der Waals surface area contributed by atoms with Gasteiger partial charge in [-0.2, -0.15) is 0 Å². The van der Waals surface area contributed by atoms with E-state index in [0.29, 0.717) is 6.04 Å². The van der Waals surface area contributed by atoms with Gasteiger partial charge in [0.1, 0.15) is 0 Å². The van der Waals surface area contributed by atoms with Crippen molar-refractivity contribution in [3.63, 3.8) is 0 Å². The highest BCUT2D eigenvalue weighted by molar-refractivity contribution is 7.12. The molecule has 2 heterocycles. The number of benzene rings is 1. The van der Waals surface area contributed by atoms with Gasteiger partial charge in [0.25, 0.3) is 5.91 Å². The summed E-state index contributed by atoms with van der Waals surface area (Å²) in [4.78, 5) is 27.3. The maximum atomic E-state index is 12.8. The fourth-order valence-electron chi connectivity index (χ4n) is 3.46. The van der Waals surface area contributed by atoms with Crippen molar-refractivity contribution in [2.45, 2.75) is 45.6 Å². The van der Waals surface area contributed by atoms with Crippen molar-refractivity contribution in [3.8, 4) is 11.1 Å². The normalized spacial score (nSPS) is 17.8. The SMILES string of the molecule is CC[C@H]1CCCCN1C(=O)c1ccc(-c2ccsc2C(C)=O)cc1. The molecule has 1 aromatic carbocycles. The van der Waals surface area contributed by atoms with E-state index in [1.54, 1.807) is 6.92 Å². The van der Waals surface area contributed by atoms with Gasteiger partial charge in [-0.15, -0.1) is 11.3 Å². The van der Waals surface area contributed by atoms with Crippen LogP contribution in [0.25, 0.3) is 11.1 Å². The molecule has 0 unspecified atom stereocenters. The van der Waals surface area contributed by atoms with E-state index in [9.17, 15) is 9.59 Å². The van der Waals surface area contributed by atoms with Crippen LogP contribution < -0.4 is 0 Å². The summed E-state index contributed by atoms with van der Waals surface area (Å²) in [6.07, 6.45) is 4.43. The third kappa shape index (κ3) is 3.29. The molecule has 1 fully saturated rings. The van der Waals surface area contributed by atoms with Crippen LogP contribution >= 0.6 is 11.3 Å².